The molecule has 4 nitrogen and oxygen atoms in total. The molecule has 0 aromatic heterocycles. The Balaban J connectivity index is 1.95. The summed E-state index contributed by atoms with van der Waals surface area (Å²) in [6, 6.07) is 4.61. The molecule has 1 aliphatic carbocycles. The summed E-state index contributed by atoms with van der Waals surface area (Å²) in [6.07, 6.45) is 4.64. The first-order chi connectivity index (χ1) is 12.3. The maximum absolute atomic E-state index is 5.54. The lowest BCUT2D eigenvalue weighted by atomic mass is 9.63. The standard InChI is InChI=1S/C22H33NO3/c1-14-8-9-16-13-17(14)18(23(4)22(16,2)3)10-15-11-19(24-5)21(26-7)20(12-15)25-6/h11-12,16-18H,1,8-10,13H2,2-7H3/t16?,17-,18-/m1/s1. The van der Waals surface area contributed by atoms with Crippen LogP contribution in [-0.2, 0) is 6.42 Å². The normalized spacial score (nSPS) is 27.9. The van der Waals surface area contributed by atoms with Gasteiger partial charge in [0.05, 0.1) is 21.3 Å². The second-order valence-corrected chi connectivity index (χ2v) is 8.31. The maximum atomic E-state index is 5.54. The van der Waals surface area contributed by atoms with Gasteiger partial charge in [0.25, 0.3) is 0 Å². The van der Waals surface area contributed by atoms with Crippen LogP contribution in [0.1, 0.15) is 38.7 Å². The fraction of sp³-hybridized carbons (Fsp3) is 0.636. The van der Waals surface area contributed by atoms with Crippen LogP contribution in [0.15, 0.2) is 24.3 Å². The minimum atomic E-state index is 0.211. The van der Waals surface area contributed by atoms with Crippen LogP contribution in [0.25, 0.3) is 0 Å². The van der Waals surface area contributed by atoms with E-state index >= 15 is 0 Å². The highest BCUT2D eigenvalue weighted by Crippen LogP contribution is 2.49. The number of likely N-dealkylation sites (tertiary alicyclic amines) is 1. The summed E-state index contributed by atoms with van der Waals surface area (Å²) in [5.41, 5.74) is 2.84. The predicted octanol–water partition coefficient (Wildman–Crippen LogP) is 4.32. The van der Waals surface area contributed by atoms with Gasteiger partial charge in [-0.15, -0.1) is 0 Å². The number of ether oxygens (including phenoxy) is 3. The van der Waals surface area contributed by atoms with Crippen molar-refractivity contribution in [2.24, 2.45) is 11.8 Å². The number of nitrogens with zero attached hydrogens (tertiary/aromatic N) is 1. The molecular formula is C22H33NO3. The number of hydrogen-bond donors (Lipinski definition) is 0. The van der Waals surface area contributed by atoms with E-state index in [0.29, 0.717) is 17.7 Å². The molecule has 1 aliphatic heterocycles. The summed E-state index contributed by atoms with van der Waals surface area (Å²) < 4.78 is 16.6. The molecule has 1 heterocycles. The highest BCUT2D eigenvalue weighted by Gasteiger charge is 2.48. The van der Waals surface area contributed by atoms with Crippen molar-refractivity contribution in [3.63, 3.8) is 0 Å². The van der Waals surface area contributed by atoms with Crippen molar-refractivity contribution in [1.29, 1.82) is 0 Å². The van der Waals surface area contributed by atoms with Crippen LogP contribution in [-0.4, -0.2) is 44.9 Å². The molecule has 1 aromatic rings. The van der Waals surface area contributed by atoms with Crippen LogP contribution >= 0.6 is 0 Å². The van der Waals surface area contributed by atoms with Gasteiger partial charge in [-0.05, 0) is 76.1 Å². The monoisotopic (exact) mass is 359 g/mol. The van der Waals surface area contributed by atoms with E-state index in [1.165, 1.54) is 30.4 Å². The highest BCUT2D eigenvalue weighted by molar-refractivity contribution is 5.54. The van der Waals surface area contributed by atoms with E-state index < -0.39 is 0 Å². The zero-order valence-electron chi connectivity index (χ0n) is 17.1. The number of piperidine rings is 1. The molecular weight excluding hydrogens is 326 g/mol. The van der Waals surface area contributed by atoms with E-state index in [4.69, 9.17) is 14.2 Å². The summed E-state index contributed by atoms with van der Waals surface area (Å²) in [5, 5.41) is 0. The van der Waals surface area contributed by atoms with Crippen LogP contribution in [0.4, 0.5) is 0 Å². The molecule has 0 spiro atoms. The third kappa shape index (κ3) is 3.09. The molecule has 2 bridgehead atoms. The number of fused-ring (bicyclic) bond motifs is 2. The van der Waals surface area contributed by atoms with Gasteiger partial charge < -0.3 is 14.2 Å². The molecule has 0 radical (unpaired) electrons. The van der Waals surface area contributed by atoms with Crippen LogP contribution in [0.3, 0.4) is 0 Å². The average molecular weight is 360 g/mol. The molecule has 0 N–H and O–H groups in total. The van der Waals surface area contributed by atoms with E-state index in [2.05, 4.69) is 44.5 Å². The molecule has 1 saturated heterocycles. The second kappa shape index (κ2) is 7.15. The average Bonchev–Trinajstić information content (AvgIpc) is 2.64. The van der Waals surface area contributed by atoms with Crippen LogP contribution < -0.4 is 14.2 Å². The molecule has 1 aromatic carbocycles. The zero-order valence-corrected chi connectivity index (χ0v) is 17.1. The smallest absolute Gasteiger partial charge is 0.203 e. The maximum Gasteiger partial charge on any atom is 0.203 e. The first kappa shape index (κ1) is 19.1. The largest absolute Gasteiger partial charge is 0.493 e. The van der Waals surface area contributed by atoms with Crippen molar-refractivity contribution in [2.45, 2.75) is 51.1 Å². The Labute approximate surface area is 158 Å². The number of hydrogen-bond acceptors (Lipinski definition) is 4. The molecule has 0 amide bonds. The number of benzene rings is 1. The number of likely N-dealkylation sites (N-methyl/N-ethyl adjacent to an activating group) is 1. The van der Waals surface area contributed by atoms with Gasteiger partial charge >= 0.3 is 0 Å². The van der Waals surface area contributed by atoms with Crippen molar-refractivity contribution >= 4 is 0 Å². The minimum absolute atomic E-state index is 0.211. The summed E-state index contributed by atoms with van der Waals surface area (Å²) >= 11 is 0. The number of methoxy groups -OCH3 is 3. The van der Waals surface area contributed by atoms with Crippen LogP contribution in [0.5, 0.6) is 17.2 Å². The van der Waals surface area contributed by atoms with Crippen molar-refractivity contribution in [3.8, 4) is 17.2 Å². The summed E-state index contributed by atoms with van der Waals surface area (Å²) in [4.78, 5) is 2.58. The van der Waals surface area contributed by atoms with E-state index in [0.717, 1.165) is 23.8 Å². The highest BCUT2D eigenvalue weighted by atomic mass is 16.5. The Morgan fingerprint density at radius 1 is 1.12 bits per heavy atom. The van der Waals surface area contributed by atoms with Gasteiger partial charge in [-0.3, -0.25) is 4.90 Å². The lowest BCUT2D eigenvalue weighted by molar-refractivity contribution is -0.0413. The van der Waals surface area contributed by atoms with Crippen molar-refractivity contribution < 1.29 is 14.2 Å². The van der Waals surface area contributed by atoms with Crippen molar-refractivity contribution in [1.82, 2.24) is 4.90 Å². The molecule has 2 aliphatic rings. The minimum Gasteiger partial charge on any atom is -0.493 e. The molecule has 2 fully saturated rings. The topological polar surface area (TPSA) is 30.9 Å². The van der Waals surface area contributed by atoms with Gasteiger partial charge in [0.15, 0.2) is 11.5 Å². The number of rotatable bonds is 5. The lowest BCUT2D eigenvalue weighted by Gasteiger charge is -2.57. The summed E-state index contributed by atoms with van der Waals surface area (Å²) in [7, 11) is 7.26. The van der Waals surface area contributed by atoms with E-state index in [9.17, 15) is 0 Å². The summed E-state index contributed by atoms with van der Waals surface area (Å²) in [5.74, 6) is 3.41. The third-order valence-electron chi connectivity index (χ3n) is 6.92. The SMILES string of the molecule is C=C1CCC2C[C@H]1[C@@H](Cc1cc(OC)c(OC)c(OC)c1)N(C)C2(C)C. The predicted molar refractivity (Wildman–Crippen MR) is 105 cm³/mol. The van der Waals surface area contributed by atoms with Gasteiger partial charge in [0, 0.05) is 11.6 Å². The van der Waals surface area contributed by atoms with Gasteiger partial charge in [0.1, 0.15) is 0 Å². The Morgan fingerprint density at radius 3 is 2.27 bits per heavy atom. The molecule has 1 unspecified atom stereocenters. The van der Waals surface area contributed by atoms with Crippen molar-refractivity contribution in [2.75, 3.05) is 28.4 Å². The molecule has 3 atom stereocenters. The van der Waals surface area contributed by atoms with E-state index in [1.54, 1.807) is 21.3 Å². The summed E-state index contributed by atoms with van der Waals surface area (Å²) in [6.45, 7) is 9.19. The Morgan fingerprint density at radius 2 is 1.73 bits per heavy atom. The Kier molecular flexibility index (Phi) is 5.25. The zero-order chi connectivity index (χ0) is 19.1. The van der Waals surface area contributed by atoms with Crippen LogP contribution in [0.2, 0.25) is 0 Å². The van der Waals surface area contributed by atoms with E-state index in [1.807, 2.05) is 0 Å². The fourth-order valence-corrected chi connectivity index (χ4v) is 4.97. The molecule has 144 valence electrons. The molecule has 26 heavy (non-hydrogen) atoms. The Hall–Kier alpha value is -1.68. The van der Waals surface area contributed by atoms with Gasteiger partial charge in [-0.2, -0.15) is 0 Å². The molecule has 3 rings (SSSR count). The molecule has 1 saturated carbocycles. The first-order valence-electron chi connectivity index (χ1n) is 9.53. The second-order valence-electron chi connectivity index (χ2n) is 8.31. The third-order valence-corrected chi connectivity index (χ3v) is 6.92. The Bertz CT molecular complexity index is 657. The van der Waals surface area contributed by atoms with Gasteiger partial charge in [0.2, 0.25) is 5.75 Å². The van der Waals surface area contributed by atoms with Crippen molar-refractivity contribution in [3.05, 3.63) is 29.8 Å². The van der Waals surface area contributed by atoms with Crippen LogP contribution in [0, 0.1) is 11.8 Å². The van der Waals surface area contributed by atoms with E-state index in [-0.39, 0.29) is 5.54 Å². The molecule has 4 heteroatoms. The van der Waals surface area contributed by atoms with Gasteiger partial charge in [-0.25, -0.2) is 0 Å². The quantitative estimate of drug-likeness (QED) is 0.733. The fourth-order valence-electron chi connectivity index (χ4n) is 4.97. The first-order valence-corrected chi connectivity index (χ1v) is 9.53. The lowest BCUT2D eigenvalue weighted by Crippen LogP contribution is -2.61. The van der Waals surface area contributed by atoms with Gasteiger partial charge in [-0.1, -0.05) is 12.2 Å².